The van der Waals surface area contributed by atoms with Crippen LogP contribution < -0.4 is 5.32 Å². The molecule has 4 heteroatoms. The Morgan fingerprint density at radius 1 is 1.33 bits per heavy atom. The highest BCUT2D eigenvalue weighted by molar-refractivity contribution is 6.26. The number of hydrogen-bond donors (Lipinski definition) is 1. The number of carbonyl (C=O) groups is 2. The van der Waals surface area contributed by atoms with E-state index in [9.17, 15) is 14.0 Å². The van der Waals surface area contributed by atoms with Crippen molar-refractivity contribution < 1.29 is 14.0 Å². The zero-order valence-electron chi connectivity index (χ0n) is 8.21. The third-order valence-corrected chi connectivity index (χ3v) is 2.63. The third-order valence-electron chi connectivity index (χ3n) is 2.63. The lowest BCUT2D eigenvalue weighted by atomic mass is 9.87. The van der Waals surface area contributed by atoms with Crippen molar-refractivity contribution in [1.82, 2.24) is 0 Å². The van der Waals surface area contributed by atoms with Crippen LogP contribution in [0.25, 0.3) is 0 Å². The molecule has 1 aliphatic rings. The molecule has 1 atom stereocenters. The van der Waals surface area contributed by atoms with Gasteiger partial charge in [-0.1, -0.05) is 19.1 Å². The molecule has 0 radical (unpaired) electrons. The number of benzene rings is 1. The second-order valence-corrected chi connectivity index (χ2v) is 3.48. The molecule has 0 fully saturated rings. The van der Waals surface area contributed by atoms with Gasteiger partial charge < -0.3 is 5.32 Å². The van der Waals surface area contributed by atoms with Gasteiger partial charge in [0, 0.05) is 5.56 Å². The highest BCUT2D eigenvalue weighted by Crippen LogP contribution is 2.32. The summed E-state index contributed by atoms with van der Waals surface area (Å²) in [6.45, 7) is 1.48. The Labute approximate surface area is 86.3 Å². The van der Waals surface area contributed by atoms with Gasteiger partial charge in [-0.05, 0) is 18.6 Å². The normalized spacial score (nSPS) is 24.7. The summed E-state index contributed by atoms with van der Waals surface area (Å²) in [5, 5.41) is 2.40. The maximum atomic E-state index is 14.0. The number of para-hydroxylation sites is 1. The van der Waals surface area contributed by atoms with Gasteiger partial charge in [0.1, 0.15) is 0 Å². The van der Waals surface area contributed by atoms with E-state index >= 15 is 0 Å². The second kappa shape index (κ2) is 3.15. The van der Waals surface area contributed by atoms with Crippen molar-refractivity contribution in [1.29, 1.82) is 0 Å². The number of hydrogen-bond acceptors (Lipinski definition) is 2. The highest BCUT2D eigenvalue weighted by atomic mass is 19.1. The van der Waals surface area contributed by atoms with E-state index in [2.05, 4.69) is 5.32 Å². The molecule has 0 aliphatic carbocycles. The largest absolute Gasteiger partial charge is 0.322 e. The summed E-state index contributed by atoms with van der Waals surface area (Å²) < 4.78 is 14.0. The van der Waals surface area contributed by atoms with Gasteiger partial charge in [0.05, 0.1) is 5.69 Å². The average molecular weight is 207 g/mol. The molecule has 0 bridgehead atoms. The average Bonchev–Trinajstić information content (AvgIpc) is 2.26. The predicted octanol–water partition coefficient (Wildman–Crippen LogP) is 1.94. The summed E-state index contributed by atoms with van der Waals surface area (Å²) in [6.07, 6.45) is -0.147. The highest BCUT2D eigenvalue weighted by Gasteiger charge is 2.48. The Morgan fingerprint density at radius 3 is 2.67 bits per heavy atom. The van der Waals surface area contributed by atoms with E-state index in [1.165, 1.54) is 13.0 Å². The smallest absolute Gasteiger partial charge is 0.270 e. The molecule has 1 amide bonds. The van der Waals surface area contributed by atoms with Gasteiger partial charge in [-0.15, -0.1) is 0 Å². The predicted molar refractivity (Wildman–Crippen MR) is 53.5 cm³/mol. The van der Waals surface area contributed by atoms with Crippen LogP contribution in [0.5, 0.6) is 0 Å². The van der Waals surface area contributed by atoms with Gasteiger partial charge in [-0.25, -0.2) is 4.39 Å². The van der Waals surface area contributed by atoms with Crippen LogP contribution in [0.2, 0.25) is 0 Å². The number of nitrogens with one attached hydrogen (secondary N) is 1. The van der Waals surface area contributed by atoms with E-state index in [0.29, 0.717) is 5.69 Å². The van der Waals surface area contributed by atoms with Gasteiger partial charge >= 0.3 is 0 Å². The molecular weight excluding hydrogens is 197 g/mol. The van der Waals surface area contributed by atoms with E-state index in [1.807, 2.05) is 0 Å². The number of anilines is 1. The lowest BCUT2D eigenvalue weighted by Gasteiger charge is -2.27. The molecule has 0 saturated carbocycles. The fourth-order valence-electron chi connectivity index (χ4n) is 1.65. The summed E-state index contributed by atoms with van der Waals surface area (Å²) in [7, 11) is 0. The van der Waals surface area contributed by atoms with Gasteiger partial charge in [-0.2, -0.15) is 0 Å². The number of Topliss-reactive ketones (excluding diaryl/α,β-unsaturated/α-hetero) is 1. The first-order valence-corrected chi connectivity index (χ1v) is 4.74. The number of carbonyl (C=O) groups excluding carboxylic acids is 2. The molecular formula is C11H10FNO2. The van der Waals surface area contributed by atoms with Crippen molar-refractivity contribution in [2.45, 2.75) is 19.0 Å². The van der Waals surface area contributed by atoms with E-state index in [-0.39, 0.29) is 12.0 Å². The first-order valence-electron chi connectivity index (χ1n) is 4.74. The zero-order valence-corrected chi connectivity index (χ0v) is 8.21. The fourth-order valence-corrected chi connectivity index (χ4v) is 1.65. The van der Waals surface area contributed by atoms with Gasteiger partial charge in [0.15, 0.2) is 0 Å². The lowest BCUT2D eigenvalue weighted by molar-refractivity contribution is -0.125. The van der Waals surface area contributed by atoms with Crippen LogP contribution in [0.3, 0.4) is 0 Å². The molecule has 1 aromatic rings. The van der Waals surface area contributed by atoms with Crippen LogP contribution in [0, 0.1) is 0 Å². The van der Waals surface area contributed by atoms with Gasteiger partial charge in [0.25, 0.3) is 11.6 Å². The van der Waals surface area contributed by atoms with Crippen molar-refractivity contribution in [3.05, 3.63) is 29.8 Å². The summed E-state index contributed by atoms with van der Waals surface area (Å²) in [5.41, 5.74) is -1.79. The molecule has 1 aliphatic heterocycles. The quantitative estimate of drug-likeness (QED) is 0.715. The van der Waals surface area contributed by atoms with Crippen molar-refractivity contribution in [3.8, 4) is 0 Å². The van der Waals surface area contributed by atoms with Crippen LogP contribution in [0.15, 0.2) is 24.3 Å². The van der Waals surface area contributed by atoms with Gasteiger partial charge in [0.2, 0.25) is 5.78 Å². The number of alkyl halides is 1. The first kappa shape index (κ1) is 9.83. The molecule has 15 heavy (non-hydrogen) atoms. The van der Waals surface area contributed by atoms with Gasteiger partial charge in [-0.3, -0.25) is 9.59 Å². The number of ketones is 1. The van der Waals surface area contributed by atoms with Crippen molar-refractivity contribution in [2.24, 2.45) is 0 Å². The van der Waals surface area contributed by atoms with Crippen LogP contribution in [0.4, 0.5) is 10.1 Å². The van der Waals surface area contributed by atoms with Crippen molar-refractivity contribution in [3.63, 3.8) is 0 Å². The molecule has 1 N–H and O–H groups in total. The Hall–Kier alpha value is -1.71. The monoisotopic (exact) mass is 207 g/mol. The Balaban J connectivity index is 2.57. The van der Waals surface area contributed by atoms with E-state index < -0.39 is 17.4 Å². The molecule has 0 aromatic heterocycles. The molecule has 0 spiro atoms. The molecule has 1 heterocycles. The van der Waals surface area contributed by atoms with E-state index in [0.717, 1.165) is 0 Å². The van der Waals surface area contributed by atoms with E-state index in [1.54, 1.807) is 18.2 Å². The van der Waals surface area contributed by atoms with Crippen LogP contribution in [-0.4, -0.2) is 17.4 Å². The minimum atomic E-state index is -2.41. The van der Waals surface area contributed by atoms with Crippen molar-refractivity contribution in [2.75, 3.05) is 5.32 Å². The maximum Gasteiger partial charge on any atom is 0.270 e. The van der Waals surface area contributed by atoms with Crippen LogP contribution in [0.1, 0.15) is 23.7 Å². The maximum absolute atomic E-state index is 14.0. The minimum Gasteiger partial charge on any atom is -0.322 e. The fraction of sp³-hybridized carbons (Fsp3) is 0.273. The Morgan fingerprint density at radius 2 is 2.00 bits per heavy atom. The first-order chi connectivity index (χ1) is 7.09. The van der Waals surface area contributed by atoms with Crippen LogP contribution in [-0.2, 0) is 4.79 Å². The molecule has 1 aromatic carbocycles. The van der Waals surface area contributed by atoms with Crippen molar-refractivity contribution >= 4 is 17.4 Å². The number of halogens is 1. The number of amides is 1. The van der Waals surface area contributed by atoms with Crippen LogP contribution >= 0.6 is 0 Å². The second-order valence-electron chi connectivity index (χ2n) is 3.48. The molecule has 2 rings (SSSR count). The zero-order chi connectivity index (χ0) is 11.1. The minimum absolute atomic E-state index is 0.147. The molecule has 0 saturated heterocycles. The topological polar surface area (TPSA) is 46.2 Å². The molecule has 1 unspecified atom stereocenters. The molecule has 78 valence electrons. The summed E-state index contributed by atoms with van der Waals surface area (Å²) in [4.78, 5) is 23.2. The number of fused-ring (bicyclic) bond motifs is 1. The Bertz CT molecular complexity index is 444. The summed E-state index contributed by atoms with van der Waals surface area (Å²) in [5.74, 6) is -1.61. The number of rotatable bonds is 1. The standard InChI is InChI=1S/C11H10FNO2/c1-2-11(12)9(14)7-5-3-4-6-8(7)13-10(11)15/h3-6H,2H2,1H3,(H,13,15). The summed E-state index contributed by atoms with van der Waals surface area (Å²) >= 11 is 0. The lowest BCUT2D eigenvalue weighted by Crippen LogP contribution is -2.49. The Kier molecular flexibility index (Phi) is 2.07. The third kappa shape index (κ3) is 1.25. The molecule has 3 nitrogen and oxygen atoms in total. The van der Waals surface area contributed by atoms with E-state index in [4.69, 9.17) is 0 Å². The SMILES string of the molecule is CCC1(F)C(=O)Nc2ccccc2C1=O. The summed E-state index contributed by atoms with van der Waals surface area (Å²) in [6, 6.07) is 6.43.